The van der Waals surface area contributed by atoms with Crippen LogP contribution in [0.1, 0.15) is 29.6 Å². The second-order valence-corrected chi connectivity index (χ2v) is 4.53. The standard InChI is InChI=1S/C10H16N2O3S/c1-7(3-4-16-2)11-6-8-5-9(10(13)14)12-15-8/h5,7,11H,3-4,6H2,1-2H3,(H,13,14). The normalized spacial score (nSPS) is 12.6. The average molecular weight is 244 g/mol. The predicted molar refractivity (Wildman–Crippen MR) is 62.8 cm³/mol. The molecule has 90 valence electrons. The maximum absolute atomic E-state index is 10.5. The van der Waals surface area contributed by atoms with E-state index in [1.54, 1.807) is 11.8 Å². The summed E-state index contributed by atoms with van der Waals surface area (Å²) in [4.78, 5) is 10.5. The van der Waals surface area contributed by atoms with Crippen LogP contribution in [0.5, 0.6) is 0 Å². The fraction of sp³-hybridized carbons (Fsp3) is 0.600. The lowest BCUT2D eigenvalue weighted by atomic mass is 10.2. The van der Waals surface area contributed by atoms with Gasteiger partial charge >= 0.3 is 5.97 Å². The Hall–Kier alpha value is -1.01. The second-order valence-electron chi connectivity index (χ2n) is 3.55. The van der Waals surface area contributed by atoms with Crippen molar-refractivity contribution in [1.29, 1.82) is 0 Å². The molecule has 0 aliphatic heterocycles. The third-order valence-corrected chi connectivity index (χ3v) is 2.80. The van der Waals surface area contributed by atoms with Gasteiger partial charge in [-0.3, -0.25) is 0 Å². The van der Waals surface area contributed by atoms with Crippen molar-refractivity contribution < 1.29 is 14.4 Å². The van der Waals surface area contributed by atoms with Crippen molar-refractivity contribution >= 4 is 17.7 Å². The molecule has 6 heteroatoms. The van der Waals surface area contributed by atoms with Crippen molar-refractivity contribution in [1.82, 2.24) is 10.5 Å². The van der Waals surface area contributed by atoms with E-state index in [2.05, 4.69) is 23.7 Å². The van der Waals surface area contributed by atoms with Gasteiger partial charge < -0.3 is 14.9 Å². The van der Waals surface area contributed by atoms with Crippen LogP contribution < -0.4 is 5.32 Å². The van der Waals surface area contributed by atoms with Gasteiger partial charge in [-0.1, -0.05) is 5.16 Å². The lowest BCUT2D eigenvalue weighted by Crippen LogP contribution is -2.25. The molecule has 5 nitrogen and oxygen atoms in total. The molecule has 0 saturated carbocycles. The number of aromatic nitrogens is 1. The van der Waals surface area contributed by atoms with Gasteiger partial charge in [-0.15, -0.1) is 0 Å². The van der Waals surface area contributed by atoms with E-state index in [0.29, 0.717) is 18.3 Å². The monoisotopic (exact) mass is 244 g/mol. The molecule has 1 heterocycles. The first-order valence-electron chi connectivity index (χ1n) is 5.04. The van der Waals surface area contributed by atoms with Crippen LogP contribution in [0.25, 0.3) is 0 Å². The summed E-state index contributed by atoms with van der Waals surface area (Å²) >= 11 is 1.81. The zero-order valence-corrected chi connectivity index (χ0v) is 10.2. The maximum atomic E-state index is 10.5. The Bertz CT molecular complexity index is 341. The Labute approximate surface area is 98.6 Å². The van der Waals surface area contributed by atoms with Crippen molar-refractivity contribution in [3.63, 3.8) is 0 Å². The average Bonchev–Trinajstić information content (AvgIpc) is 2.72. The van der Waals surface area contributed by atoms with Crippen molar-refractivity contribution in [3.8, 4) is 0 Å². The third kappa shape index (κ3) is 4.24. The molecule has 0 amide bonds. The Kier molecular flexibility index (Phi) is 5.34. The summed E-state index contributed by atoms with van der Waals surface area (Å²) in [5.74, 6) is 0.587. The lowest BCUT2D eigenvalue weighted by Gasteiger charge is -2.10. The van der Waals surface area contributed by atoms with E-state index >= 15 is 0 Å². The Balaban J connectivity index is 2.33. The highest BCUT2D eigenvalue weighted by Gasteiger charge is 2.10. The van der Waals surface area contributed by atoms with Gasteiger partial charge in [0.25, 0.3) is 0 Å². The summed E-state index contributed by atoms with van der Waals surface area (Å²) in [7, 11) is 0. The number of hydrogen-bond acceptors (Lipinski definition) is 5. The minimum atomic E-state index is -1.06. The number of rotatable bonds is 7. The summed E-state index contributed by atoms with van der Waals surface area (Å²) in [6.07, 6.45) is 3.14. The fourth-order valence-corrected chi connectivity index (χ4v) is 1.76. The molecule has 0 radical (unpaired) electrons. The number of aromatic carboxylic acids is 1. The van der Waals surface area contributed by atoms with Crippen LogP contribution in [-0.4, -0.2) is 34.3 Å². The van der Waals surface area contributed by atoms with E-state index in [0.717, 1.165) is 12.2 Å². The van der Waals surface area contributed by atoms with Gasteiger partial charge in [-0.05, 0) is 25.4 Å². The van der Waals surface area contributed by atoms with Crippen molar-refractivity contribution in [2.75, 3.05) is 12.0 Å². The summed E-state index contributed by atoms with van der Waals surface area (Å²) in [5, 5.41) is 15.3. The van der Waals surface area contributed by atoms with Crippen molar-refractivity contribution in [2.24, 2.45) is 0 Å². The molecule has 1 aromatic heterocycles. The highest BCUT2D eigenvalue weighted by Crippen LogP contribution is 2.05. The largest absolute Gasteiger partial charge is 0.476 e. The number of carboxylic acid groups (broad SMARTS) is 1. The predicted octanol–water partition coefficient (Wildman–Crippen LogP) is 1.60. The quantitative estimate of drug-likeness (QED) is 0.759. The molecule has 0 aromatic carbocycles. The molecule has 0 bridgehead atoms. The Morgan fingerprint density at radius 3 is 3.06 bits per heavy atom. The third-order valence-electron chi connectivity index (χ3n) is 2.16. The van der Waals surface area contributed by atoms with Crippen LogP contribution in [0.4, 0.5) is 0 Å². The number of hydrogen-bond donors (Lipinski definition) is 2. The maximum Gasteiger partial charge on any atom is 0.358 e. The first-order valence-corrected chi connectivity index (χ1v) is 6.44. The van der Waals surface area contributed by atoms with E-state index < -0.39 is 5.97 Å². The van der Waals surface area contributed by atoms with Crippen LogP contribution in [-0.2, 0) is 6.54 Å². The van der Waals surface area contributed by atoms with Gasteiger partial charge in [0.05, 0.1) is 6.54 Å². The summed E-state index contributed by atoms with van der Waals surface area (Å²) in [6.45, 7) is 2.60. The zero-order chi connectivity index (χ0) is 12.0. The highest BCUT2D eigenvalue weighted by molar-refractivity contribution is 7.98. The molecule has 2 N–H and O–H groups in total. The van der Waals surface area contributed by atoms with E-state index in [1.165, 1.54) is 6.07 Å². The molecule has 0 spiro atoms. The first kappa shape index (κ1) is 13.1. The van der Waals surface area contributed by atoms with Gasteiger partial charge in [0, 0.05) is 12.1 Å². The minimum Gasteiger partial charge on any atom is -0.476 e. The summed E-state index contributed by atoms with van der Waals surface area (Å²) in [6, 6.07) is 1.82. The molecule has 1 atom stereocenters. The lowest BCUT2D eigenvalue weighted by molar-refractivity contribution is 0.0685. The van der Waals surface area contributed by atoms with Crippen molar-refractivity contribution in [3.05, 3.63) is 17.5 Å². The number of carboxylic acids is 1. The molecular weight excluding hydrogens is 228 g/mol. The zero-order valence-electron chi connectivity index (χ0n) is 9.40. The van der Waals surface area contributed by atoms with Gasteiger partial charge in [-0.2, -0.15) is 11.8 Å². The summed E-state index contributed by atoms with van der Waals surface area (Å²) in [5.41, 5.74) is -0.0476. The molecule has 0 aliphatic rings. The Morgan fingerprint density at radius 2 is 2.50 bits per heavy atom. The molecule has 1 aromatic rings. The second kappa shape index (κ2) is 6.55. The van der Waals surface area contributed by atoms with Gasteiger partial charge in [0.1, 0.15) is 0 Å². The van der Waals surface area contributed by atoms with Crippen molar-refractivity contribution in [2.45, 2.75) is 25.9 Å². The minimum absolute atomic E-state index is 0.0476. The van der Waals surface area contributed by atoms with Crippen LogP contribution in [0, 0.1) is 0 Å². The molecule has 0 saturated heterocycles. The molecule has 0 fully saturated rings. The van der Waals surface area contributed by atoms with Gasteiger partial charge in [0.15, 0.2) is 11.5 Å². The molecule has 0 aliphatic carbocycles. The Morgan fingerprint density at radius 1 is 1.75 bits per heavy atom. The number of carbonyl (C=O) groups is 1. The first-order chi connectivity index (χ1) is 7.63. The van der Waals surface area contributed by atoms with Gasteiger partial charge in [0.2, 0.25) is 0 Å². The van der Waals surface area contributed by atoms with Gasteiger partial charge in [-0.25, -0.2) is 4.79 Å². The van der Waals surface area contributed by atoms with Crippen LogP contribution >= 0.6 is 11.8 Å². The summed E-state index contributed by atoms with van der Waals surface area (Å²) < 4.78 is 4.88. The molecular formula is C10H16N2O3S. The smallest absolute Gasteiger partial charge is 0.358 e. The topological polar surface area (TPSA) is 75.4 Å². The van der Waals surface area contributed by atoms with Crippen LogP contribution in [0.3, 0.4) is 0 Å². The number of nitrogens with zero attached hydrogens (tertiary/aromatic N) is 1. The molecule has 1 rings (SSSR count). The SMILES string of the molecule is CSCCC(C)NCc1cc(C(=O)O)no1. The fourth-order valence-electron chi connectivity index (χ4n) is 1.17. The van der Waals surface area contributed by atoms with Crippen LogP contribution in [0.2, 0.25) is 0 Å². The van der Waals surface area contributed by atoms with Crippen LogP contribution in [0.15, 0.2) is 10.6 Å². The molecule has 16 heavy (non-hydrogen) atoms. The van der Waals surface area contributed by atoms with E-state index in [9.17, 15) is 4.79 Å². The molecule has 1 unspecified atom stereocenters. The van der Waals surface area contributed by atoms with E-state index in [4.69, 9.17) is 9.63 Å². The highest BCUT2D eigenvalue weighted by atomic mass is 32.2. The van der Waals surface area contributed by atoms with E-state index in [1.807, 2.05) is 0 Å². The van der Waals surface area contributed by atoms with E-state index in [-0.39, 0.29) is 5.69 Å². The number of nitrogens with one attached hydrogen (secondary N) is 1. The number of thioether (sulfide) groups is 1.